The van der Waals surface area contributed by atoms with Gasteiger partial charge in [-0.2, -0.15) is 0 Å². The van der Waals surface area contributed by atoms with Crippen molar-refractivity contribution in [2.75, 3.05) is 16.5 Å². The molecule has 3 aromatic rings. The number of fused-ring (bicyclic) bond motifs is 3. The first-order valence-corrected chi connectivity index (χ1v) is 13.7. The highest BCUT2D eigenvalue weighted by Gasteiger charge is 2.45. The second kappa shape index (κ2) is 7.18. The van der Waals surface area contributed by atoms with Crippen molar-refractivity contribution in [1.82, 2.24) is 0 Å². The summed E-state index contributed by atoms with van der Waals surface area (Å²) in [5.74, 6) is 0. The second-order valence-corrected chi connectivity index (χ2v) is 14.3. The molecule has 0 spiro atoms. The predicted molar refractivity (Wildman–Crippen MR) is 155 cm³/mol. The molecular formula is C34H42N2. The van der Waals surface area contributed by atoms with Gasteiger partial charge >= 0.3 is 0 Å². The lowest BCUT2D eigenvalue weighted by atomic mass is 9.61. The third kappa shape index (κ3) is 3.22. The average Bonchev–Trinajstić information content (AvgIpc) is 3.20. The van der Waals surface area contributed by atoms with E-state index in [2.05, 4.69) is 127 Å². The van der Waals surface area contributed by atoms with Gasteiger partial charge in [-0.1, -0.05) is 92.6 Å². The number of hydrogen-bond donors (Lipinski definition) is 0. The van der Waals surface area contributed by atoms with E-state index in [0.717, 1.165) is 6.67 Å². The summed E-state index contributed by atoms with van der Waals surface area (Å²) in [5, 5.41) is 0. The van der Waals surface area contributed by atoms with E-state index in [0.29, 0.717) is 0 Å². The monoisotopic (exact) mass is 478 g/mol. The van der Waals surface area contributed by atoms with E-state index in [4.69, 9.17) is 0 Å². The molecule has 2 heterocycles. The smallest absolute Gasteiger partial charge is 0.100 e. The van der Waals surface area contributed by atoms with Crippen molar-refractivity contribution in [3.63, 3.8) is 0 Å². The van der Waals surface area contributed by atoms with Crippen LogP contribution in [-0.4, -0.2) is 6.67 Å². The Morgan fingerprint density at radius 1 is 0.639 bits per heavy atom. The molecule has 0 bridgehead atoms. The molecule has 0 amide bonds. The molecule has 0 atom stereocenters. The van der Waals surface area contributed by atoms with Gasteiger partial charge in [0, 0.05) is 16.8 Å². The summed E-state index contributed by atoms with van der Waals surface area (Å²) in [4.78, 5) is 5.10. The van der Waals surface area contributed by atoms with Crippen LogP contribution in [0.4, 0.5) is 22.7 Å². The van der Waals surface area contributed by atoms with Crippen molar-refractivity contribution >= 4 is 22.7 Å². The average molecular weight is 479 g/mol. The van der Waals surface area contributed by atoms with Crippen molar-refractivity contribution < 1.29 is 0 Å². The Balaban J connectivity index is 1.54. The summed E-state index contributed by atoms with van der Waals surface area (Å²) in [6, 6.07) is 21.3. The quantitative estimate of drug-likeness (QED) is 0.344. The number of benzene rings is 3. The summed E-state index contributed by atoms with van der Waals surface area (Å²) in [5.41, 5.74) is 13.3. The molecule has 2 heteroatoms. The third-order valence-electron chi connectivity index (χ3n) is 9.51. The topological polar surface area (TPSA) is 6.48 Å². The van der Waals surface area contributed by atoms with Crippen molar-refractivity contribution in [3.05, 3.63) is 82.4 Å². The van der Waals surface area contributed by atoms with Crippen LogP contribution in [0.5, 0.6) is 0 Å². The van der Waals surface area contributed by atoms with Crippen molar-refractivity contribution in [2.24, 2.45) is 0 Å². The zero-order valence-corrected chi connectivity index (χ0v) is 23.7. The van der Waals surface area contributed by atoms with Gasteiger partial charge in [0.2, 0.25) is 0 Å². The van der Waals surface area contributed by atoms with Gasteiger partial charge in [0.25, 0.3) is 0 Å². The van der Waals surface area contributed by atoms with E-state index in [1.807, 2.05) is 0 Å². The summed E-state index contributed by atoms with van der Waals surface area (Å²) < 4.78 is 0. The zero-order valence-electron chi connectivity index (χ0n) is 23.7. The standard InChI is InChI=1S/C34H42N2/c1-31(2,3)22-13-15-23(16-14-22)35-21-36-29-20-26-25(32(4,5)17-18-33(26,6)7)19-27(29)34(8,9)24-11-10-12-28(35)30(24)36/h10-16,19-20H,17-18,21H2,1-9H3. The fourth-order valence-electron chi connectivity index (χ4n) is 6.86. The third-order valence-corrected chi connectivity index (χ3v) is 9.51. The Morgan fingerprint density at radius 2 is 1.25 bits per heavy atom. The first-order valence-electron chi connectivity index (χ1n) is 13.7. The molecule has 2 nitrogen and oxygen atoms in total. The van der Waals surface area contributed by atoms with Crippen LogP contribution in [0.15, 0.2) is 54.6 Å². The molecule has 0 aromatic heterocycles. The van der Waals surface area contributed by atoms with Gasteiger partial charge in [-0.05, 0) is 81.2 Å². The van der Waals surface area contributed by atoms with Crippen LogP contribution in [0.3, 0.4) is 0 Å². The summed E-state index contributed by atoms with van der Waals surface area (Å²) >= 11 is 0. The zero-order chi connectivity index (χ0) is 25.8. The summed E-state index contributed by atoms with van der Waals surface area (Å²) in [6.07, 6.45) is 2.48. The molecule has 1 aliphatic carbocycles. The number of nitrogens with zero attached hydrogens (tertiary/aromatic N) is 2. The lowest BCUT2D eigenvalue weighted by molar-refractivity contribution is 0.331. The molecule has 0 saturated heterocycles. The Bertz CT molecular complexity index is 1370. The van der Waals surface area contributed by atoms with Gasteiger partial charge in [-0.15, -0.1) is 0 Å². The molecular weight excluding hydrogens is 436 g/mol. The Kier molecular flexibility index (Phi) is 4.72. The number of para-hydroxylation sites is 1. The van der Waals surface area contributed by atoms with E-state index in [-0.39, 0.29) is 21.7 Å². The highest BCUT2D eigenvalue weighted by molar-refractivity contribution is 5.93. The molecule has 0 saturated carbocycles. The molecule has 0 radical (unpaired) electrons. The van der Waals surface area contributed by atoms with Crippen LogP contribution in [0, 0.1) is 0 Å². The maximum atomic E-state index is 2.60. The van der Waals surface area contributed by atoms with Crippen LogP contribution < -0.4 is 9.80 Å². The molecule has 0 fully saturated rings. The Hall–Kier alpha value is -2.74. The van der Waals surface area contributed by atoms with Gasteiger partial charge in [0.15, 0.2) is 0 Å². The SMILES string of the molecule is CC(C)(C)c1ccc(N2CN3c4cc5c(cc4C(C)(C)c4cccc2c43)C(C)(C)CCC5(C)C)cc1. The molecule has 3 aliphatic rings. The molecule has 0 unspecified atom stereocenters. The van der Waals surface area contributed by atoms with Crippen LogP contribution in [0.2, 0.25) is 0 Å². The summed E-state index contributed by atoms with van der Waals surface area (Å²) in [7, 11) is 0. The highest BCUT2D eigenvalue weighted by Crippen LogP contribution is 2.58. The lowest BCUT2D eigenvalue weighted by Crippen LogP contribution is -2.38. The fraction of sp³-hybridized carbons (Fsp3) is 0.471. The van der Waals surface area contributed by atoms with Gasteiger partial charge in [-0.25, -0.2) is 0 Å². The maximum absolute atomic E-state index is 2.60. The predicted octanol–water partition coefficient (Wildman–Crippen LogP) is 9.22. The van der Waals surface area contributed by atoms with E-state index in [1.54, 1.807) is 11.1 Å². The van der Waals surface area contributed by atoms with Gasteiger partial charge in [0.05, 0.1) is 11.4 Å². The molecule has 188 valence electrons. The maximum Gasteiger partial charge on any atom is 0.100 e. The van der Waals surface area contributed by atoms with E-state index in [9.17, 15) is 0 Å². The van der Waals surface area contributed by atoms with Gasteiger partial charge < -0.3 is 9.80 Å². The van der Waals surface area contributed by atoms with E-state index < -0.39 is 0 Å². The van der Waals surface area contributed by atoms with E-state index in [1.165, 1.54) is 52.3 Å². The van der Waals surface area contributed by atoms with Crippen LogP contribution in [0.1, 0.15) is 103 Å². The van der Waals surface area contributed by atoms with Crippen LogP contribution in [-0.2, 0) is 21.7 Å². The van der Waals surface area contributed by atoms with Crippen molar-refractivity contribution in [3.8, 4) is 0 Å². The molecule has 36 heavy (non-hydrogen) atoms. The summed E-state index contributed by atoms with van der Waals surface area (Å²) in [6.45, 7) is 22.3. The van der Waals surface area contributed by atoms with Crippen molar-refractivity contribution in [2.45, 2.75) is 96.8 Å². The highest BCUT2D eigenvalue weighted by atomic mass is 15.4. The molecule has 6 rings (SSSR count). The van der Waals surface area contributed by atoms with E-state index >= 15 is 0 Å². The Morgan fingerprint density at radius 3 is 1.86 bits per heavy atom. The minimum absolute atomic E-state index is 0.0457. The lowest BCUT2D eigenvalue weighted by Gasteiger charge is -2.46. The van der Waals surface area contributed by atoms with Crippen LogP contribution in [0.25, 0.3) is 0 Å². The van der Waals surface area contributed by atoms with Gasteiger partial charge in [0.1, 0.15) is 6.67 Å². The molecule has 3 aromatic carbocycles. The number of anilines is 4. The van der Waals surface area contributed by atoms with Gasteiger partial charge in [-0.3, -0.25) is 0 Å². The number of hydrogen-bond acceptors (Lipinski definition) is 2. The Labute approximate surface area is 218 Å². The second-order valence-electron chi connectivity index (χ2n) is 14.3. The molecule has 2 aliphatic heterocycles. The fourth-order valence-corrected chi connectivity index (χ4v) is 6.86. The largest absolute Gasteiger partial charge is 0.321 e. The first kappa shape index (κ1) is 23.6. The minimum Gasteiger partial charge on any atom is -0.321 e. The van der Waals surface area contributed by atoms with Crippen molar-refractivity contribution in [1.29, 1.82) is 0 Å². The number of rotatable bonds is 1. The first-order chi connectivity index (χ1) is 16.7. The van der Waals surface area contributed by atoms with Crippen LogP contribution >= 0.6 is 0 Å². The molecule has 0 N–H and O–H groups in total. The normalized spacial score (nSPS) is 20.6. The minimum atomic E-state index is -0.0457.